The van der Waals surface area contributed by atoms with Gasteiger partial charge in [0.2, 0.25) is 5.91 Å². The minimum atomic E-state index is -1.34. The van der Waals surface area contributed by atoms with Crippen LogP contribution in [0.3, 0.4) is 0 Å². The molecule has 0 unspecified atom stereocenters. The molecule has 10 heteroatoms. The molecule has 0 aromatic heterocycles. The van der Waals surface area contributed by atoms with Gasteiger partial charge in [0.1, 0.15) is 12.4 Å². The van der Waals surface area contributed by atoms with E-state index in [1.54, 1.807) is 14.2 Å². The zero-order valence-electron chi connectivity index (χ0n) is 23.0. The van der Waals surface area contributed by atoms with Crippen molar-refractivity contribution in [3.8, 4) is 5.75 Å². The average molecular weight is 559 g/mol. The number of methoxy groups -OCH3 is 2. The van der Waals surface area contributed by atoms with Crippen molar-refractivity contribution in [2.45, 2.75) is 50.3 Å². The molecule has 2 fully saturated rings. The van der Waals surface area contributed by atoms with Crippen LogP contribution in [-0.4, -0.2) is 69.9 Å². The van der Waals surface area contributed by atoms with Crippen molar-refractivity contribution in [3.05, 3.63) is 64.2 Å². The van der Waals surface area contributed by atoms with Crippen molar-refractivity contribution in [1.29, 1.82) is 0 Å². The minimum absolute atomic E-state index is 0.0156. The summed E-state index contributed by atoms with van der Waals surface area (Å²) >= 11 is 0. The highest BCUT2D eigenvalue weighted by Gasteiger charge is 2.56. The van der Waals surface area contributed by atoms with E-state index in [1.807, 2.05) is 17.0 Å². The number of halogens is 2. The Balaban J connectivity index is 1.43. The fraction of sp³-hybridized carbons (Fsp3) is 0.533. The summed E-state index contributed by atoms with van der Waals surface area (Å²) in [7, 11) is 3.29. The second-order valence-electron chi connectivity index (χ2n) is 10.7. The molecule has 1 spiro atoms. The van der Waals surface area contributed by atoms with Crippen molar-refractivity contribution < 1.29 is 37.3 Å². The summed E-state index contributed by atoms with van der Waals surface area (Å²) in [5, 5.41) is 3.24. The Morgan fingerprint density at radius 2 is 1.80 bits per heavy atom. The molecule has 1 aliphatic carbocycles. The first-order valence-electron chi connectivity index (χ1n) is 13.8. The lowest BCUT2D eigenvalue weighted by molar-refractivity contribution is -0.149. The van der Waals surface area contributed by atoms with Crippen molar-refractivity contribution in [2.75, 3.05) is 47.1 Å². The maximum absolute atomic E-state index is 14.4. The van der Waals surface area contributed by atoms with E-state index in [1.165, 1.54) is 0 Å². The number of benzene rings is 2. The van der Waals surface area contributed by atoms with Crippen LogP contribution in [0.15, 0.2) is 30.3 Å². The van der Waals surface area contributed by atoms with Crippen molar-refractivity contribution in [1.82, 2.24) is 10.2 Å². The van der Waals surface area contributed by atoms with E-state index < -0.39 is 29.1 Å². The molecule has 2 heterocycles. The number of rotatable bonds is 12. The number of carbonyl (C=O) groups excluding carboxylic acids is 2. The molecule has 2 aromatic carbocycles. The molecule has 2 aliphatic heterocycles. The van der Waals surface area contributed by atoms with Gasteiger partial charge in [0.25, 0.3) is 0 Å². The lowest BCUT2D eigenvalue weighted by Gasteiger charge is -2.42. The summed E-state index contributed by atoms with van der Waals surface area (Å²) in [4.78, 5) is 28.9. The highest BCUT2D eigenvalue weighted by Crippen LogP contribution is 2.48. The molecule has 0 radical (unpaired) electrons. The van der Waals surface area contributed by atoms with Gasteiger partial charge in [-0.1, -0.05) is 6.07 Å². The lowest BCUT2D eigenvalue weighted by atomic mass is 9.75. The Bertz CT molecular complexity index is 1220. The van der Waals surface area contributed by atoms with Gasteiger partial charge in [-0.05, 0) is 67.6 Å². The average Bonchev–Trinajstić information content (AvgIpc) is 3.75. The zero-order valence-corrected chi connectivity index (χ0v) is 23.0. The lowest BCUT2D eigenvalue weighted by Crippen LogP contribution is -2.55. The third-order valence-electron chi connectivity index (χ3n) is 7.91. The first kappa shape index (κ1) is 28.4. The standard InChI is InChI=1S/C30H36F2N2O6/c1-37-9-3-4-19-12-20(14-22(13-19)39-11-10-38-2)18-34(21-5-6-21)28(35)25-17-33-8-7-30(25)24-16-27(32)26(31)15-23(24)29(36)40-30/h12-16,21,25,33H,3-11,17-18H2,1-2H3/t25-,30+/m1/s1. The van der Waals surface area contributed by atoms with Gasteiger partial charge >= 0.3 is 5.97 Å². The Morgan fingerprint density at radius 3 is 2.55 bits per heavy atom. The summed E-state index contributed by atoms with van der Waals surface area (Å²) in [5.74, 6) is -3.15. The van der Waals surface area contributed by atoms with E-state index in [2.05, 4.69) is 11.4 Å². The second kappa shape index (κ2) is 12.2. The maximum Gasteiger partial charge on any atom is 0.339 e. The van der Waals surface area contributed by atoms with Crippen molar-refractivity contribution in [2.24, 2.45) is 5.92 Å². The van der Waals surface area contributed by atoms with Gasteiger partial charge in [-0.15, -0.1) is 0 Å². The molecule has 1 saturated carbocycles. The number of carbonyl (C=O) groups is 2. The summed E-state index contributed by atoms with van der Waals surface area (Å²) in [6, 6.07) is 7.99. The minimum Gasteiger partial charge on any atom is -0.491 e. The molecule has 40 heavy (non-hydrogen) atoms. The molecule has 2 aromatic rings. The molecule has 0 bridgehead atoms. The number of fused-ring (bicyclic) bond motifs is 2. The third-order valence-corrected chi connectivity index (χ3v) is 7.91. The van der Waals surface area contributed by atoms with Crippen LogP contribution in [-0.2, 0) is 37.6 Å². The molecule has 216 valence electrons. The topological polar surface area (TPSA) is 86.3 Å². The summed E-state index contributed by atoms with van der Waals surface area (Å²) in [6.45, 7) is 2.59. The number of piperidine rings is 1. The monoisotopic (exact) mass is 558 g/mol. The Hall–Kier alpha value is -3.08. The highest BCUT2D eigenvalue weighted by atomic mass is 19.2. The number of ether oxygens (including phenoxy) is 4. The smallest absolute Gasteiger partial charge is 0.339 e. The molecule has 1 amide bonds. The van der Waals surface area contributed by atoms with Crippen LogP contribution >= 0.6 is 0 Å². The number of nitrogens with zero attached hydrogens (tertiary/aromatic N) is 1. The van der Waals surface area contributed by atoms with Crippen LogP contribution in [0.2, 0.25) is 0 Å². The van der Waals surface area contributed by atoms with Crippen molar-refractivity contribution in [3.63, 3.8) is 0 Å². The van der Waals surface area contributed by atoms with Gasteiger partial charge < -0.3 is 29.2 Å². The van der Waals surface area contributed by atoms with Gasteiger partial charge in [-0.2, -0.15) is 0 Å². The Morgan fingerprint density at radius 1 is 1.05 bits per heavy atom. The van der Waals surface area contributed by atoms with E-state index in [9.17, 15) is 18.4 Å². The largest absolute Gasteiger partial charge is 0.491 e. The molecule has 1 N–H and O–H groups in total. The number of amides is 1. The van der Waals surface area contributed by atoms with E-state index in [-0.39, 0.29) is 36.0 Å². The first-order chi connectivity index (χ1) is 19.4. The number of aryl methyl sites for hydroxylation is 1. The maximum atomic E-state index is 14.4. The van der Waals surface area contributed by atoms with Gasteiger partial charge in [0, 0.05) is 51.9 Å². The first-order valence-corrected chi connectivity index (χ1v) is 13.8. The predicted octanol–water partition coefficient (Wildman–Crippen LogP) is 3.74. The van der Waals surface area contributed by atoms with Crippen LogP contribution in [0.25, 0.3) is 0 Å². The summed E-state index contributed by atoms with van der Waals surface area (Å²) < 4.78 is 50.5. The fourth-order valence-electron chi connectivity index (χ4n) is 5.81. The molecule has 1 saturated heterocycles. The van der Waals surface area contributed by atoms with Crippen LogP contribution in [0.1, 0.15) is 52.7 Å². The van der Waals surface area contributed by atoms with E-state index in [0.717, 1.165) is 48.9 Å². The van der Waals surface area contributed by atoms with Gasteiger partial charge in [0.15, 0.2) is 17.2 Å². The van der Waals surface area contributed by atoms with E-state index >= 15 is 0 Å². The highest BCUT2D eigenvalue weighted by molar-refractivity contribution is 5.96. The molecule has 3 aliphatic rings. The van der Waals surface area contributed by atoms with Gasteiger partial charge in [-0.3, -0.25) is 4.79 Å². The summed E-state index contributed by atoms with van der Waals surface area (Å²) in [6.07, 6.45) is 3.68. The molecular weight excluding hydrogens is 522 g/mol. The molecule has 5 rings (SSSR count). The molecule has 8 nitrogen and oxygen atoms in total. The Kier molecular flexibility index (Phi) is 8.68. The molecule has 2 atom stereocenters. The predicted molar refractivity (Wildman–Crippen MR) is 142 cm³/mol. The third kappa shape index (κ3) is 5.84. The normalized spacial score (nSPS) is 21.8. The number of hydrogen-bond donors (Lipinski definition) is 1. The number of nitrogens with one attached hydrogen (secondary N) is 1. The van der Waals surface area contributed by atoms with Gasteiger partial charge in [0.05, 0.1) is 18.1 Å². The van der Waals surface area contributed by atoms with Crippen LogP contribution < -0.4 is 10.1 Å². The van der Waals surface area contributed by atoms with Crippen molar-refractivity contribution >= 4 is 11.9 Å². The van der Waals surface area contributed by atoms with E-state index in [4.69, 9.17) is 18.9 Å². The van der Waals surface area contributed by atoms with E-state index in [0.29, 0.717) is 38.7 Å². The summed E-state index contributed by atoms with van der Waals surface area (Å²) in [5.41, 5.74) is 0.904. The zero-order chi connectivity index (χ0) is 28.3. The molecular formula is C30H36F2N2O6. The number of hydrogen-bond acceptors (Lipinski definition) is 7. The number of esters is 1. The Labute approximate surface area is 232 Å². The van der Waals surface area contributed by atoms with Crippen LogP contribution in [0.5, 0.6) is 5.75 Å². The SMILES string of the molecule is COCCCc1cc(CN(C(=O)[C@H]2CNCC[C@@]23OC(=O)c2cc(F)c(F)cc23)C2CC2)cc(OCCOC)c1. The van der Waals surface area contributed by atoms with Crippen LogP contribution in [0, 0.1) is 17.6 Å². The quantitative estimate of drug-likeness (QED) is 0.314. The fourth-order valence-corrected chi connectivity index (χ4v) is 5.81. The van der Waals surface area contributed by atoms with Crippen LogP contribution in [0.4, 0.5) is 8.78 Å². The van der Waals surface area contributed by atoms with Gasteiger partial charge in [-0.25, -0.2) is 13.6 Å². The second-order valence-corrected chi connectivity index (χ2v) is 10.7.